The Bertz CT molecular complexity index is 771. The Balaban J connectivity index is 1.82. The highest BCUT2D eigenvalue weighted by Gasteiger charge is 2.16. The van der Waals surface area contributed by atoms with Gasteiger partial charge in [-0.05, 0) is 42.3 Å². The van der Waals surface area contributed by atoms with Crippen LogP contribution in [0.1, 0.15) is 24.1 Å². The van der Waals surface area contributed by atoms with Crippen molar-refractivity contribution in [2.24, 2.45) is 5.10 Å². The monoisotopic (exact) mass is 351 g/mol. The SMILES string of the molecule is C=CCOc1ccc(C=NNC(=O)C(=O)N[C@H](C)c2ccccc2)cc1. The molecule has 0 aromatic heterocycles. The molecule has 0 saturated heterocycles. The summed E-state index contributed by atoms with van der Waals surface area (Å²) in [6, 6.07) is 16.2. The summed E-state index contributed by atoms with van der Waals surface area (Å²) in [4.78, 5) is 23.7. The van der Waals surface area contributed by atoms with Gasteiger partial charge in [0, 0.05) is 0 Å². The van der Waals surface area contributed by atoms with Crippen molar-refractivity contribution in [2.45, 2.75) is 13.0 Å². The summed E-state index contributed by atoms with van der Waals surface area (Å²) in [5, 5.41) is 6.41. The minimum Gasteiger partial charge on any atom is -0.490 e. The van der Waals surface area contributed by atoms with Crippen molar-refractivity contribution in [3.8, 4) is 5.75 Å². The van der Waals surface area contributed by atoms with Gasteiger partial charge in [-0.15, -0.1) is 0 Å². The highest BCUT2D eigenvalue weighted by Crippen LogP contribution is 2.11. The number of hydrazone groups is 1. The van der Waals surface area contributed by atoms with Crippen molar-refractivity contribution >= 4 is 18.0 Å². The second-order valence-corrected chi connectivity index (χ2v) is 5.47. The number of hydrogen-bond acceptors (Lipinski definition) is 4. The third-order valence-electron chi connectivity index (χ3n) is 3.48. The number of rotatable bonds is 7. The first-order valence-electron chi connectivity index (χ1n) is 8.12. The van der Waals surface area contributed by atoms with E-state index in [2.05, 4.69) is 22.4 Å². The Kier molecular flexibility index (Phi) is 7.12. The largest absolute Gasteiger partial charge is 0.490 e. The predicted octanol–water partition coefficient (Wildman–Crippen LogP) is 2.58. The standard InChI is InChI=1S/C20H21N3O3/c1-3-13-26-18-11-9-16(10-12-18)14-21-23-20(25)19(24)22-15(2)17-7-5-4-6-8-17/h3-12,14-15H,1,13H2,2H3,(H,22,24)(H,23,25)/t15-/m1/s1. The van der Waals surface area contributed by atoms with Gasteiger partial charge in [0.15, 0.2) is 0 Å². The van der Waals surface area contributed by atoms with Crippen molar-refractivity contribution in [1.29, 1.82) is 0 Å². The fraction of sp³-hybridized carbons (Fsp3) is 0.150. The lowest BCUT2D eigenvalue weighted by atomic mass is 10.1. The van der Waals surface area contributed by atoms with Gasteiger partial charge in [-0.3, -0.25) is 9.59 Å². The lowest BCUT2D eigenvalue weighted by Crippen LogP contribution is -2.39. The number of nitrogens with zero attached hydrogens (tertiary/aromatic N) is 1. The van der Waals surface area contributed by atoms with Crippen LogP contribution in [0, 0.1) is 0 Å². The van der Waals surface area contributed by atoms with E-state index in [1.165, 1.54) is 6.21 Å². The highest BCUT2D eigenvalue weighted by atomic mass is 16.5. The van der Waals surface area contributed by atoms with E-state index in [9.17, 15) is 9.59 Å². The summed E-state index contributed by atoms with van der Waals surface area (Å²) in [6.45, 7) is 5.82. The van der Waals surface area contributed by atoms with Crippen molar-refractivity contribution in [3.63, 3.8) is 0 Å². The first-order valence-corrected chi connectivity index (χ1v) is 8.12. The second-order valence-electron chi connectivity index (χ2n) is 5.47. The molecular formula is C20H21N3O3. The van der Waals surface area contributed by atoms with Gasteiger partial charge >= 0.3 is 11.8 Å². The summed E-state index contributed by atoms with van der Waals surface area (Å²) in [6.07, 6.45) is 3.11. The summed E-state index contributed by atoms with van der Waals surface area (Å²) >= 11 is 0. The van der Waals surface area contributed by atoms with Gasteiger partial charge in [0.1, 0.15) is 12.4 Å². The molecule has 6 nitrogen and oxygen atoms in total. The van der Waals surface area contributed by atoms with Crippen LogP contribution in [-0.2, 0) is 9.59 Å². The molecule has 0 radical (unpaired) electrons. The molecule has 2 aromatic carbocycles. The molecule has 6 heteroatoms. The first-order chi connectivity index (χ1) is 12.6. The summed E-state index contributed by atoms with van der Waals surface area (Å²) < 4.78 is 5.37. The van der Waals surface area contributed by atoms with Crippen LogP contribution in [0.3, 0.4) is 0 Å². The molecule has 134 valence electrons. The van der Waals surface area contributed by atoms with Crippen molar-refractivity contribution in [2.75, 3.05) is 6.61 Å². The van der Waals surface area contributed by atoms with Crippen LogP contribution in [0.2, 0.25) is 0 Å². The first kappa shape index (κ1) is 18.9. The third kappa shape index (κ3) is 5.90. The molecule has 1 atom stereocenters. The van der Waals surface area contributed by atoms with Gasteiger partial charge in [-0.25, -0.2) is 5.43 Å². The number of carbonyl (C=O) groups is 2. The van der Waals surface area contributed by atoms with E-state index >= 15 is 0 Å². The molecule has 0 aliphatic heterocycles. The molecule has 0 aliphatic carbocycles. The van der Waals surface area contributed by atoms with Gasteiger partial charge in [0.05, 0.1) is 12.3 Å². The third-order valence-corrected chi connectivity index (χ3v) is 3.48. The van der Waals surface area contributed by atoms with Crippen molar-refractivity contribution < 1.29 is 14.3 Å². The van der Waals surface area contributed by atoms with E-state index < -0.39 is 11.8 Å². The van der Waals surface area contributed by atoms with E-state index in [0.29, 0.717) is 12.4 Å². The Morgan fingerprint density at radius 2 is 1.81 bits per heavy atom. The minimum atomic E-state index is -0.824. The Hall–Kier alpha value is -3.41. The van der Waals surface area contributed by atoms with Gasteiger partial charge in [-0.1, -0.05) is 43.0 Å². The molecule has 0 spiro atoms. The maximum Gasteiger partial charge on any atom is 0.329 e. The molecule has 26 heavy (non-hydrogen) atoms. The van der Waals surface area contributed by atoms with Gasteiger partial charge in [0.25, 0.3) is 0 Å². The van der Waals surface area contributed by atoms with Crippen LogP contribution >= 0.6 is 0 Å². The van der Waals surface area contributed by atoms with Crippen LogP contribution in [0.4, 0.5) is 0 Å². The topological polar surface area (TPSA) is 79.8 Å². The maximum atomic E-state index is 11.9. The Morgan fingerprint density at radius 1 is 1.12 bits per heavy atom. The zero-order valence-electron chi connectivity index (χ0n) is 14.5. The van der Waals surface area contributed by atoms with E-state index in [-0.39, 0.29) is 6.04 Å². The molecule has 0 saturated carbocycles. The summed E-state index contributed by atoms with van der Waals surface area (Å²) in [5.74, 6) is -0.859. The van der Waals surface area contributed by atoms with Crippen molar-refractivity contribution in [1.82, 2.24) is 10.7 Å². The van der Waals surface area contributed by atoms with Gasteiger partial charge in [-0.2, -0.15) is 5.10 Å². The average molecular weight is 351 g/mol. The number of hydrogen-bond donors (Lipinski definition) is 2. The molecule has 0 unspecified atom stereocenters. The van der Waals surface area contributed by atoms with E-state index in [4.69, 9.17) is 4.74 Å². The van der Waals surface area contributed by atoms with Crippen LogP contribution < -0.4 is 15.5 Å². The van der Waals surface area contributed by atoms with Crippen LogP contribution in [0.15, 0.2) is 72.4 Å². The maximum absolute atomic E-state index is 11.9. The molecule has 2 N–H and O–H groups in total. The molecule has 0 heterocycles. The Labute approximate surface area is 152 Å². The number of ether oxygens (including phenoxy) is 1. The molecule has 0 bridgehead atoms. The molecule has 0 fully saturated rings. The summed E-state index contributed by atoms with van der Waals surface area (Å²) in [5.41, 5.74) is 3.88. The smallest absolute Gasteiger partial charge is 0.329 e. The van der Waals surface area contributed by atoms with Crippen LogP contribution in [0.5, 0.6) is 5.75 Å². The molecule has 0 aliphatic rings. The molecule has 2 aromatic rings. The molecule has 2 rings (SSSR count). The van der Waals surface area contributed by atoms with Gasteiger partial charge < -0.3 is 10.1 Å². The quantitative estimate of drug-likeness (QED) is 0.348. The van der Waals surface area contributed by atoms with E-state index in [1.807, 2.05) is 30.3 Å². The number of nitrogens with one attached hydrogen (secondary N) is 2. The van der Waals surface area contributed by atoms with Crippen LogP contribution in [-0.4, -0.2) is 24.6 Å². The van der Waals surface area contributed by atoms with E-state index in [0.717, 1.165) is 11.1 Å². The summed E-state index contributed by atoms with van der Waals surface area (Å²) in [7, 11) is 0. The highest BCUT2D eigenvalue weighted by molar-refractivity contribution is 6.35. The normalized spacial score (nSPS) is 11.6. The van der Waals surface area contributed by atoms with Crippen LogP contribution in [0.25, 0.3) is 0 Å². The second kappa shape index (κ2) is 9.78. The molecule has 2 amide bonds. The minimum absolute atomic E-state index is 0.276. The average Bonchev–Trinajstić information content (AvgIpc) is 2.67. The zero-order valence-corrected chi connectivity index (χ0v) is 14.5. The predicted molar refractivity (Wildman–Crippen MR) is 101 cm³/mol. The molecular weight excluding hydrogens is 330 g/mol. The Morgan fingerprint density at radius 3 is 2.46 bits per heavy atom. The van der Waals surface area contributed by atoms with E-state index in [1.54, 1.807) is 37.3 Å². The lowest BCUT2D eigenvalue weighted by Gasteiger charge is -2.13. The fourth-order valence-electron chi connectivity index (χ4n) is 2.11. The fourth-order valence-corrected chi connectivity index (χ4v) is 2.11. The van der Waals surface area contributed by atoms with Gasteiger partial charge in [0.2, 0.25) is 0 Å². The lowest BCUT2D eigenvalue weighted by molar-refractivity contribution is -0.139. The van der Waals surface area contributed by atoms with Crippen molar-refractivity contribution in [3.05, 3.63) is 78.4 Å². The number of benzene rings is 2. The number of carbonyl (C=O) groups excluding carboxylic acids is 2. The zero-order chi connectivity index (χ0) is 18.8. The number of amides is 2.